The van der Waals surface area contributed by atoms with Crippen molar-refractivity contribution in [1.29, 1.82) is 0 Å². The molecule has 0 unspecified atom stereocenters. The highest BCUT2D eigenvalue weighted by atomic mass is 16.6. The first-order valence-electron chi connectivity index (χ1n) is 4.47. The van der Waals surface area contributed by atoms with Crippen molar-refractivity contribution >= 4 is 11.4 Å². The van der Waals surface area contributed by atoms with Crippen molar-refractivity contribution in [2.75, 3.05) is 25.9 Å². The van der Waals surface area contributed by atoms with E-state index in [-0.39, 0.29) is 11.4 Å². The van der Waals surface area contributed by atoms with Crippen molar-refractivity contribution in [2.24, 2.45) is 0 Å². The van der Waals surface area contributed by atoms with Gasteiger partial charge in [-0.1, -0.05) is 6.07 Å². The zero-order valence-electron chi connectivity index (χ0n) is 8.40. The lowest BCUT2D eigenvalue weighted by Gasteiger charge is -2.08. The quantitative estimate of drug-likeness (QED) is 0.325. The fourth-order valence-corrected chi connectivity index (χ4v) is 1.08. The van der Waals surface area contributed by atoms with Crippen molar-refractivity contribution < 1.29 is 9.66 Å². The van der Waals surface area contributed by atoms with Crippen LogP contribution in [0.3, 0.4) is 0 Å². The van der Waals surface area contributed by atoms with E-state index in [0.717, 1.165) is 0 Å². The van der Waals surface area contributed by atoms with Crippen LogP contribution in [0.15, 0.2) is 18.2 Å². The van der Waals surface area contributed by atoms with Crippen LogP contribution >= 0.6 is 0 Å². The molecule has 0 radical (unpaired) electrons. The van der Waals surface area contributed by atoms with Gasteiger partial charge in [-0.15, -0.1) is 0 Å². The highest BCUT2D eigenvalue weighted by Crippen LogP contribution is 2.30. The van der Waals surface area contributed by atoms with Crippen LogP contribution in [-0.4, -0.2) is 25.1 Å². The Morgan fingerprint density at radius 1 is 1.60 bits per heavy atom. The molecule has 82 valence electrons. The Labute approximate surface area is 87.2 Å². The number of nitrogens with two attached hydrogens (primary N) is 1. The molecule has 0 atom stereocenters. The highest BCUT2D eigenvalue weighted by Gasteiger charge is 2.14. The average molecular weight is 211 g/mol. The number of rotatable bonds is 5. The molecule has 0 bridgehead atoms. The Morgan fingerprint density at radius 3 is 2.93 bits per heavy atom. The lowest BCUT2D eigenvalue weighted by molar-refractivity contribution is -0.384. The number of nitrogens with zero attached hydrogens (tertiary/aromatic N) is 1. The molecule has 3 N–H and O–H groups in total. The third-order valence-electron chi connectivity index (χ3n) is 1.85. The number of nitro benzene ring substituents is 1. The van der Waals surface area contributed by atoms with Crippen LogP contribution in [0.25, 0.3) is 0 Å². The van der Waals surface area contributed by atoms with Gasteiger partial charge in [0.15, 0.2) is 5.69 Å². The van der Waals surface area contributed by atoms with Crippen molar-refractivity contribution in [2.45, 2.75) is 0 Å². The first-order valence-corrected chi connectivity index (χ1v) is 4.47. The maximum Gasteiger partial charge on any atom is 0.295 e. The van der Waals surface area contributed by atoms with Gasteiger partial charge in [-0.2, -0.15) is 0 Å². The van der Waals surface area contributed by atoms with Crippen molar-refractivity contribution in [1.82, 2.24) is 5.32 Å². The molecule has 0 aliphatic rings. The molecular weight excluding hydrogens is 198 g/mol. The number of nitro groups is 1. The Bertz CT molecular complexity index is 354. The Kier molecular flexibility index (Phi) is 3.87. The zero-order chi connectivity index (χ0) is 11.3. The van der Waals surface area contributed by atoms with Gasteiger partial charge in [0.2, 0.25) is 0 Å². The molecule has 15 heavy (non-hydrogen) atoms. The summed E-state index contributed by atoms with van der Waals surface area (Å²) in [5.41, 5.74) is 5.52. The van der Waals surface area contributed by atoms with Gasteiger partial charge in [-0.05, 0) is 13.1 Å². The SMILES string of the molecule is CNCCOc1cccc([N+](=O)[O-])c1N. The fraction of sp³-hybridized carbons (Fsp3) is 0.333. The van der Waals surface area contributed by atoms with Gasteiger partial charge < -0.3 is 15.8 Å². The van der Waals surface area contributed by atoms with Crippen molar-refractivity contribution in [3.05, 3.63) is 28.3 Å². The van der Waals surface area contributed by atoms with Crippen molar-refractivity contribution in [3.8, 4) is 5.75 Å². The molecule has 1 aromatic carbocycles. The molecular formula is C9H13N3O3. The van der Waals surface area contributed by atoms with Crippen molar-refractivity contribution in [3.63, 3.8) is 0 Å². The molecule has 0 spiro atoms. The minimum absolute atomic E-state index is 0.0682. The summed E-state index contributed by atoms with van der Waals surface area (Å²) in [6, 6.07) is 4.50. The first-order chi connectivity index (χ1) is 7.16. The van der Waals surface area contributed by atoms with Gasteiger partial charge in [-0.3, -0.25) is 10.1 Å². The second-order valence-corrected chi connectivity index (χ2v) is 2.90. The van der Waals surface area contributed by atoms with Crippen LogP contribution in [0, 0.1) is 10.1 Å². The van der Waals surface area contributed by atoms with Gasteiger partial charge in [0.25, 0.3) is 5.69 Å². The normalized spacial score (nSPS) is 9.93. The smallest absolute Gasteiger partial charge is 0.295 e. The number of hydrogen-bond acceptors (Lipinski definition) is 5. The number of benzene rings is 1. The predicted octanol–water partition coefficient (Wildman–Crippen LogP) is 0.775. The molecule has 1 aromatic rings. The van der Waals surface area contributed by atoms with Gasteiger partial charge in [0.1, 0.15) is 12.4 Å². The summed E-state index contributed by atoms with van der Waals surface area (Å²) >= 11 is 0. The van der Waals surface area contributed by atoms with E-state index in [4.69, 9.17) is 10.5 Å². The summed E-state index contributed by atoms with van der Waals surface area (Å²) in [7, 11) is 1.79. The fourth-order valence-electron chi connectivity index (χ4n) is 1.08. The summed E-state index contributed by atoms with van der Waals surface area (Å²) in [6.07, 6.45) is 0. The second kappa shape index (κ2) is 5.16. The molecule has 6 heteroatoms. The lowest BCUT2D eigenvalue weighted by atomic mass is 10.2. The van der Waals surface area contributed by atoms with E-state index >= 15 is 0 Å². The lowest BCUT2D eigenvalue weighted by Crippen LogP contribution is -2.16. The molecule has 1 rings (SSSR count). The van der Waals surface area contributed by atoms with Crippen LogP contribution in [0.4, 0.5) is 11.4 Å². The zero-order valence-corrected chi connectivity index (χ0v) is 8.40. The van der Waals surface area contributed by atoms with Gasteiger partial charge in [-0.25, -0.2) is 0 Å². The van der Waals surface area contributed by atoms with E-state index in [9.17, 15) is 10.1 Å². The molecule has 0 saturated heterocycles. The van der Waals surface area contributed by atoms with Crippen LogP contribution in [0.1, 0.15) is 0 Å². The second-order valence-electron chi connectivity index (χ2n) is 2.90. The summed E-state index contributed by atoms with van der Waals surface area (Å²) < 4.78 is 5.28. The van der Waals surface area contributed by atoms with Crippen LogP contribution in [-0.2, 0) is 0 Å². The van der Waals surface area contributed by atoms with E-state index < -0.39 is 4.92 Å². The third-order valence-corrected chi connectivity index (χ3v) is 1.85. The first kappa shape index (κ1) is 11.3. The topological polar surface area (TPSA) is 90.4 Å². The summed E-state index contributed by atoms with van der Waals surface area (Å²) in [5.74, 6) is 0.347. The monoisotopic (exact) mass is 211 g/mol. The van der Waals surface area contributed by atoms with E-state index in [1.165, 1.54) is 6.07 Å². The largest absolute Gasteiger partial charge is 0.490 e. The van der Waals surface area contributed by atoms with Gasteiger partial charge >= 0.3 is 0 Å². The van der Waals surface area contributed by atoms with E-state index in [2.05, 4.69) is 5.32 Å². The third kappa shape index (κ3) is 2.81. The molecule has 0 fully saturated rings. The minimum Gasteiger partial charge on any atom is -0.490 e. The molecule has 0 saturated carbocycles. The number of anilines is 1. The Balaban J connectivity index is 2.80. The Hall–Kier alpha value is -1.82. The molecule has 0 amide bonds. The highest BCUT2D eigenvalue weighted by molar-refractivity contribution is 5.66. The summed E-state index contributed by atoms with van der Waals surface area (Å²) in [6.45, 7) is 1.07. The average Bonchev–Trinajstić information content (AvgIpc) is 2.20. The van der Waals surface area contributed by atoms with E-state index in [1.54, 1.807) is 19.2 Å². The number of likely N-dealkylation sites (N-methyl/N-ethyl adjacent to an activating group) is 1. The molecule has 0 aromatic heterocycles. The van der Waals surface area contributed by atoms with Crippen LogP contribution < -0.4 is 15.8 Å². The molecule has 0 heterocycles. The molecule has 0 aliphatic heterocycles. The maximum atomic E-state index is 10.6. The number of nitrogens with one attached hydrogen (secondary N) is 1. The summed E-state index contributed by atoms with van der Waals surface area (Å²) in [5, 5.41) is 13.5. The number of nitrogen functional groups attached to an aromatic ring is 1. The predicted molar refractivity (Wildman–Crippen MR) is 56.9 cm³/mol. The molecule has 0 aliphatic carbocycles. The number of ether oxygens (including phenoxy) is 1. The molecule has 6 nitrogen and oxygen atoms in total. The van der Waals surface area contributed by atoms with Crippen LogP contribution in [0.2, 0.25) is 0 Å². The number of para-hydroxylation sites is 1. The van der Waals surface area contributed by atoms with E-state index in [0.29, 0.717) is 18.9 Å². The maximum absolute atomic E-state index is 10.6. The Morgan fingerprint density at radius 2 is 2.33 bits per heavy atom. The minimum atomic E-state index is -0.528. The van der Waals surface area contributed by atoms with Gasteiger partial charge in [0, 0.05) is 12.6 Å². The summed E-state index contributed by atoms with van der Waals surface area (Å²) in [4.78, 5) is 10.0. The van der Waals surface area contributed by atoms with E-state index in [1.807, 2.05) is 0 Å². The standard InChI is InChI=1S/C9H13N3O3/c1-11-5-6-15-8-4-2-3-7(9(8)10)12(13)14/h2-4,11H,5-6,10H2,1H3. The van der Waals surface area contributed by atoms with Crippen LogP contribution in [0.5, 0.6) is 5.75 Å². The number of hydrogen-bond donors (Lipinski definition) is 2. The van der Waals surface area contributed by atoms with Gasteiger partial charge in [0.05, 0.1) is 4.92 Å².